The molecule has 0 saturated heterocycles. The molecule has 7 heteroatoms. The maximum Gasteiger partial charge on any atom is 0.185 e. The fraction of sp³-hybridized carbons (Fsp3) is 0.750. The number of carbonyl (C=O) groups is 2. The molecule has 0 aliphatic carbocycles. The third-order valence-corrected chi connectivity index (χ3v) is 2.52. The second-order valence-electron chi connectivity index (χ2n) is 4.89. The third-order valence-electron chi connectivity index (χ3n) is 2.52. The minimum absolute atomic E-state index is 0.0771. The summed E-state index contributed by atoms with van der Waals surface area (Å²) >= 11 is 0. The summed E-state index contributed by atoms with van der Waals surface area (Å²) in [5.74, 6) is 0.325. The summed E-state index contributed by atoms with van der Waals surface area (Å²) in [5.41, 5.74) is 10.9. The Balaban J connectivity index is 3.87. The van der Waals surface area contributed by atoms with Gasteiger partial charge in [-0.1, -0.05) is 13.8 Å². The summed E-state index contributed by atoms with van der Waals surface area (Å²) in [5, 5.41) is 9.65. The van der Waals surface area contributed by atoms with Crippen LogP contribution in [0.25, 0.3) is 0 Å². The highest BCUT2D eigenvalue weighted by molar-refractivity contribution is 5.74. The van der Waals surface area contributed by atoms with Crippen LogP contribution in [0.4, 0.5) is 0 Å². The van der Waals surface area contributed by atoms with Crippen LogP contribution < -0.4 is 21.9 Å². The van der Waals surface area contributed by atoms with Gasteiger partial charge in [-0.05, 0) is 25.2 Å². The molecule has 0 radical (unpaired) electrons. The zero-order chi connectivity index (χ0) is 14.7. The SMILES string of the molecule is CC(C)C[C@@H](C=O)NN[C@H](C=O)CCCNC(=N)N. The highest BCUT2D eigenvalue weighted by Gasteiger charge is 2.12. The standard InChI is InChI=1S/C12H25N5O2/c1-9(2)6-11(8-19)17-16-10(7-18)4-3-5-15-12(13)14/h7-11,16-17H,3-6H2,1-2H3,(H4,13,14,15)/t10-,11-/m0/s1. The van der Waals surface area contributed by atoms with E-state index in [1.807, 2.05) is 13.8 Å². The first kappa shape index (κ1) is 17.5. The lowest BCUT2D eigenvalue weighted by molar-refractivity contribution is -0.112. The molecule has 0 spiro atoms. The number of aldehydes is 2. The number of nitrogens with one attached hydrogen (secondary N) is 4. The van der Waals surface area contributed by atoms with Crippen LogP contribution in [-0.4, -0.2) is 37.2 Å². The minimum Gasteiger partial charge on any atom is -0.370 e. The Morgan fingerprint density at radius 1 is 1.21 bits per heavy atom. The Morgan fingerprint density at radius 3 is 2.26 bits per heavy atom. The van der Waals surface area contributed by atoms with Crippen LogP contribution in [0.3, 0.4) is 0 Å². The molecule has 7 nitrogen and oxygen atoms in total. The number of guanidine groups is 1. The van der Waals surface area contributed by atoms with Crippen molar-refractivity contribution in [1.29, 1.82) is 5.41 Å². The molecule has 19 heavy (non-hydrogen) atoms. The Labute approximate surface area is 114 Å². The van der Waals surface area contributed by atoms with Crippen LogP contribution in [0.2, 0.25) is 0 Å². The van der Waals surface area contributed by atoms with Gasteiger partial charge in [0.2, 0.25) is 0 Å². The van der Waals surface area contributed by atoms with E-state index < -0.39 is 0 Å². The van der Waals surface area contributed by atoms with Gasteiger partial charge in [-0.2, -0.15) is 0 Å². The van der Waals surface area contributed by atoms with Gasteiger partial charge in [-0.15, -0.1) is 0 Å². The monoisotopic (exact) mass is 271 g/mol. The first-order chi connectivity index (χ1) is 8.99. The van der Waals surface area contributed by atoms with E-state index in [0.717, 1.165) is 12.6 Å². The average molecular weight is 271 g/mol. The lowest BCUT2D eigenvalue weighted by Gasteiger charge is -2.19. The predicted molar refractivity (Wildman–Crippen MR) is 74.6 cm³/mol. The zero-order valence-electron chi connectivity index (χ0n) is 11.6. The molecule has 110 valence electrons. The molecule has 0 amide bonds. The highest BCUT2D eigenvalue weighted by atomic mass is 16.1. The normalized spacial score (nSPS) is 13.8. The lowest BCUT2D eigenvalue weighted by atomic mass is 10.1. The molecule has 0 aromatic carbocycles. The maximum atomic E-state index is 10.9. The third kappa shape index (κ3) is 10.2. The summed E-state index contributed by atoms with van der Waals surface area (Å²) in [7, 11) is 0. The molecule has 0 aliphatic rings. The molecule has 0 heterocycles. The molecular formula is C12H25N5O2. The predicted octanol–water partition coefficient (Wildman–Crippen LogP) is -0.475. The van der Waals surface area contributed by atoms with Crippen LogP contribution in [0.15, 0.2) is 0 Å². The zero-order valence-corrected chi connectivity index (χ0v) is 11.6. The van der Waals surface area contributed by atoms with E-state index in [0.29, 0.717) is 31.7 Å². The second-order valence-corrected chi connectivity index (χ2v) is 4.89. The van der Waals surface area contributed by atoms with Gasteiger partial charge >= 0.3 is 0 Å². The van der Waals surface area contributed by atoms with E-state index in [2.05, 4.69) is 16.2 Å². The lowest BCUT2D eigenvalue weighted by Crippen LogP contribution is -2.48. The summed E-state index contributed by atoms with van der Waals surface area (Å²) in [6, 6.07) is -0.652. The van der Waals surface area contributed by atoms with Gasteiger partial charge < -0.3 is 20.6 Å². The maximum absolute atomic E-state index is 10.9. The van der Waals surface area contributed by atoms with Crippen LogP contribution >= 0.6 is 0 Å². The molecule has 0 saturated carbocycles. The Bertz CT molecular complexity index is 283. The van der Waals surface area contributed by atoms with Gasteiger partial charge in [0.25, 0.3) is 0 Å². The summed E-state index contributed by atoms with van der Waals surface area (Å²) < 4.78 is 0. The Kier molecular flexibility index (Phi) is 9.64. The van der Waals surface area contributed by atoms with Gasteiger partial charge in [-0.25, -0.2) is 10.9 Å². The number of hydrogen-bond acceptors (Lipinski definition) is 5. The molecule has 0 aliphatic heterocycles. The van der Waals surface area contributed by atoms with E-state index in [9.17, 15) is 9.59 Å². The van der Waals surface area contributed by atoms with Crippen molar-refractivity contribution < 1.29 is 9.59 Å². The summed E-state index contributed by atoms with van der Waals surface area (Å²) in [4.78, 5) is 21.7. The van der Waals surface area contributed by atoms with Gasteiger partial charge in [0.1, 0.15) is 12.6 Å². The molecule has 2 atom stereocenters. The van der Waals surface area contributed by atoms with E-state index in [1.54, 1.807) is 0 Å². The van der Waals surface area contributed by atoms with Crippen LogP contribution in [-0.2, 0) is 9.59 Å². The fourth-order valence-electron chi connectivity index (χ4n) is 1.59. The van der Waals surface area contributed by atoms with E-state index >= 15 is 0 Å². The van der Waals surface area contributed by atoms with Gasteiger partial charge in [0, 0.05) is 6.54 Å². The Hall–Kier alpha value is -1.47. The van der Waals surface area contributed by atoms with E-state index in [-0.39, 0.29) is 18.0 Å². The van der Waals surface area contributed by atoms with Crippen molar-refractivity contribution in [2.24, 2.45) is 11.7 Å². The highest BCUT2D eigenvalue weighted by Crippen LogP contribution is 2.02. The summed E-state index contributed by atoms with van der Waals surface area (Å²) in [6.07, 6.45) is 3.66. The Morgan fingerprint density at radius 2 is 1.79 bits per heavy atom. The van der Waals surface area contributed by atoms with Gasteiger partial charge in [0.15, 0.2) is 5.96 Å². The topological polar surface area (TPSA) is 120 Å². The molecule has 0 bridgehead atoms. The first-order valence-electron chi connectivity index (χ1n) is 6.49. The first-order valence-corrected chi connectivity index (χ1v) is 6.49. The van der Waals surface area contributed by atoms with Gasteiger partial charge in [-0.3, -0.25) is 5.41 Å². The number of rotatable bonds is 11. The van der Waals surface area contributed by atoms with Crippen molar-refractivity contribution in [2.75, 3.05) is 6.54 Å². The summed E-state index contributed by atoms with van der Waals surface area (Å²) in [6.45, 7) is 4.61. The smallest absolute Gasteiger partial charge is 0.185 e. The fourth-order valence-corrected chi connectivity index (χ4v) is 1.59. The molecule has 0 aromatic rings. The van der Waals surface area contributed by atoms with Crippen molar-refractivity contribution in [3.8, 4) is 0 Å². The van der Waals surface area contributed by atoms with Crippen LogP contribution in [0.1, 0.15) is 33.1 Å². The minimum atomic E-state index is -0.358. The van der Waals surface area contributed by atoms with Crippen LogP contribution in [0.5, 0.6) is 0 Å². The molecule has 6 N–H and O–H groups in total. The average Bonchev–Trinajstić information content (AvgIpc) is 2.35. The molecule has 0 unspecified atom stereocenters. The molecule has 0 rings (SSSR count). The van der Waals surface area contributed by atoms with Crippen molar-refractivity contribution in [2.45, 2.75) is 45.2 Å². The van der Waals surface area contributed by atoms with E-state index in [1.165, 1.54) is 0 Å². The largest absolute Gasteiger partial charge is 0.370 e. The van der Waals surface area contributed by atoms with Crippen molar-refractivity contribution in [1.82, 2.24) is 16.2 Å². The van der Waals surface area contributed by atoms with Crippen molar-refractivity contribution >= 4 is 18.5 Å². The molecular weight excluding hydrogens is 246 g/mol. The van der Waals surface area contributed by atoms with Crippen LogP contribution in [0, 0.1) is 11.3 Å². The number of hydrazine groups is 1. The number of nitrogens with two attached hydrogens (primary N) is 1. The number of carbonyl (C=O) groups excluding carboxylic acids is 2. The molecule has 0 aromatic heterocycles. The number of hydrogen-bond donors (Lipinski definition) is 5. The van der Waals surface area contributed by atoms with E-state index in [4.69, 9.17) is 11.1 Å². The second kappa shape index (κ2) is 10.5. The molecule has 0 fully saturated rings. The van der Waals surface area contributed by atoms with Crippen molar-refractivity contribution in [3.63, 3.8) is 0 Å². The van der Waals surface area contributed by atoms with Crippen molar-refractivity contribution in [3.05, 3.63) is 0 Å². The quantitative estimate of drug-likeness (QED) is 0.114. The van der Waals surface area contributed by atoms with Gasteiger partial charge in [0.05, 0.1) is 12.1 Å².